The van der Waals surface area contributed by atoms with Gasteiger partial charge in [-0.2, -0.15) is 0 Å². The number of H-pyrrole nitrogens is 1. The van der Waals surface area contributed by atoms with Gasteiger partial charge in [0, 0.05) is 9.90 Å². The van der Waals surface area contributed by atoms with Crippen LogP contribution in [0.3, 0.4) is 0 Å². The van der Waals surface area contributed by atoms with Crippen LogP contribution in [0.4, 0.5) is 0 Å². The van der Waals surface area contributed by atoms with Crippen LogP contribution in [0.1, 0.15) is 0 Å². The Balaban J connectivity index is 0.000000500. The van der Waals surface area contributed by atoms with Crippen molar-refractivity contribution in [3.05, 3.63) is 30.6 Å². The van der Waals surface area contributed by atoms with Crippen molar-refractivity contribution >= 4 is 20.9 Å². The largest absolute Gasteiger partial charge is 0.345 e. The molecule has 0 aliphatic heterocycles. The maximum atomic E-state index is 4.06. The zero-order chi connectivity index (χ0) is 6.10. The number of hydrogen-bond acceptors (Lipinski definition) is 1. The molecule has 2 nitrogen and oxygen atoms in total. The molecule has 0 atom stereocenters. The van der Waals surface area contributed by atoms with Crippen LogP contribution >= 0.6 is 9.90 Å². The van der Waals surface area contributed by atoms with Crippen molar-refractivity contribution in [2.24, 2.45) is 0 Å². The number of fused-ring (bicyclic) bond motifs is 1. The molecule has 0 aliphatic rings. The SMILES string of the molecule is [P].c1ccc2[nH]cnc2c1. The second kappa shape index (κ2) is 2.80. The molecule has 0 unspecified atom stereocenters. The predicted octanol–water partition coefficient (Wildman–Crippen LogP) is 2.42. The van der Waals surface area contributed by atoms with Crippen molar-refractivity contribution in [3.8, 4) is 0 Å². The van der Waals surface area contributed by atoms with Crippen molar-refractivity contribution in [1.29, 1.82) is 0 Å². The zero-order valence-corrected chi connectivity index (χ0v) is 6.18. The summed E-state index contributed by atoms with van der Waals surface area (Å²) >= 11 is 0. The number of benzene rings is 1. The lowest BCUT2D eigenvalue weighted by Gasteiger charge is -1.81. The highest BCUT2D eigenvalue weighted by atomic mass is 31.0. The van der Waals surface area contributed by atoms with Crippen LogP contribution in [0.15, 0.2) is 30.6 Å². The van der Waals surface area contributed by atoms with E-state index in [1.807, 2.05) is 24.3 Å². The summed E-state index contributed by atoms with van der Waals surface area (Å²) in [5.74, 6) is 0. The second-order valence-electron chi connectivity index (χ2n) is 1.92. The van der Waals surface area contributed by atoms with Crippen LogP contribution in [0.2, 0.25) is 0 Å². The Bertz CT molecular complexity index is 286. The van der Waals surface area contributed by atoms with Gasteiger partial charge in [0.25, 0.3) is 0 Å². The van der Waals surface area contributed by atoms with E-state index in [0.29, 0.717) is 0 Å². The average Bonchev–Trinajstić information content (AvgIpc) is 2.33. The second-order valence-corrected chi connectivity index (χ2v) is 1.92. The van der Waals surface area contributed by atoms with Crippen LogP contribution < -0.4 is 0 Å². The lowest BCUT2D eigenvalue weighted by molar-refractivity contribution is 1.34. The quantitative estimate of drug-likeness (QED) is 0.572. The molecule has 1 N–H and O–H groups in total. The van der Waals surface area contributed by atoms with E-state index in [-0.39, 0.29) is 9.90 Å². The van der Waals surface area contributed by atoms with Crippen molar-refractivity contribution in [2.45, 2.75) is 0 Å². The molecule has 1 aromatic heterocycles. The summed E-state index contributed by atoms with van der Waals surface area (Å²) in [5.41, 5.74) is 2.12. The smallest absolute Gasteiger partial charge is 0.0931 e. The molecule has 0 saturated carbocycles. The van der Waals surface area contributed by atoms with Crippen LogP contribution in [-0.2, 0) is 0 Å². The Morgan fingerprint density at radius 3 is 2.80 bits per heavy atom. The molecule has 49 valence electrons. The van der Waals surface area contributed by atoms with Crippen LogP contribution in [0, 0.1) is 0 Å². The highest BCUT2D eigenvalue weighted by Crippen LogP contribution is 2.05. The van der Waals surface area contributed by atoms with E-state index in [9.17, 15) is 0 Å². The van der Waals surface area contributed by atoms with Crippen LogP contribution in [0.25, 0.3) is 11.0 Å². The fourth-order valence-corrected chi connectivity index (χ4v) is 0.880. The van der Waals surface area contributed by atoms with Crippen molar-refractivity contribution in [3.63, 3.8) is 0 Å². The Morgan fingerprint density at radius 2 is 2.00 bits per heavy atom. The number of nitrogens with zero attached hydrogens (tertiary/aromatic N) is 1. The summed E-state index contributed by atoms with van der Waals surface area (Å²) in [4.78, 5) is 7.07. The number of para-hydroxylation sites is 2. The lowest BCUT2D eigenvalue weighted by Crippen LogP contribution is -1.63. The molecule has 0 spiro atoms. The van der Waals surface area contributed by atoms with Crippen molar-refractivity contribution < 1.29 is 0 Å². The van der Waals surface area contributed by atoms with Crippen LogP contribution in [0.5, 0.6) is 0 Å². The molecule has 0 saturated heterocycles. The third-order valence-electron chi connectivity index (χ3n) is 1.33. The van der Waals surface area contributed by atoms with E-state index in [2.05, 4.69) is 9.97 Å². The first-order valence-electron chi connectivity index (χ1n) is 2.85. The molecule has 3 radical (unpaired) electrons. The highest BCUT2D eigenvalue weighted by molar-refractivity contribution is 6.92. The van der Waals surface area contributed by atoms with Gasteiger partial charge in [0.1, 0.15) is 0 Å². The van der Waals surface area contributed by atoms with Gasteiger partial charge >= 0.3 is 0 Å². The molecule has 0 aliphatic carbocycles. The maximum absolute atomic E-state index is 4.06. The van der Waals surface area contributed by atoms with Crippen molar-refractivity contribution in [2.75, 3.05) is 0 Å². The van der Waals surface area contributed by atoms with Gasteiger partial charge in [0.05, 0.1) is 17.4 Å². The number of rotatable bonds is 0. The van der Waals surface area contributed by atoms with Gasteiger partial charge < -0.3 is 4.98 Å². The number of aromatic nitrogens is 2. The minimum Gasteiger partial charge on any atom is -0.345 e. The maximum Gasteiger partial charge on any atom is 0.0931 e. The molecule has 2 aromatic rings. The summed E-state index contributed by atoms with van der Waals surface area (Å²) in [6.07, 6.45) is 1.70. The number of hydrogen-bond donors (Lipinski definition) is 1. The summed E-state index contributed by atoms with van der Waals surface area (Å²) in [5, 5.41) is 0. The van der Waals surface area contributed by atoms with E-state index in [4.69, 9.17) is 0 Å². The molecule has 2 rings (SSSR count). The fraction of sp³-hybridized carbons (Fsp3) is 0. The average molecular weight is 149 g/mol. The molecule has 0 fully saturated rings. The Morgan fingerprint density at radius 1 is 1.20 bits per heavy atom. The summed E-state index contributed by atoms with van der Waals surface area (Å²) < 4.78 is 0. The first kappa shape index (κ1) is 7.23. The molecule has 10 heavy (non-hydrogen) atoms. The van der Waals surface area contributed by atoms with Gasteiger partial charge in [-0.25, -0.2) is 4.98 Å². The Kier molecular flexibility index (Phi) is 2.03. The number of aromatic amines is 1. The fourth-order valence-electron chi connectivity index (χ4n) is 0.880. The number of nitrogens with one attached hydrogen (secondary N) is 1. The predicted molar refractivity (Wildman–Crippen MR) is 43.0 cm³/mol. The molecular formula is C7H6N2P. The third kappa shape index (κ3) is 1.03. The first-order chi connectivity index (χ1) is 4.47. The van der Waals surface area contributed by atoms with Gasteiger partial charge in [-0.15, -0.1) is 0 Å². The lowest BCUT2D eigenvalue weighted by atomic mass is 10.3. The summed E-state index contributed by atoms with van der Waals surface area (Å²) in [7, 11) is 0. The topological polar surface area (TPSA) is 28.7 Å². The van der Waals surface area contributed by atoms with E-state index in [0.717, 1.165) is 11.0 Å². The zero-order valence-electron chi connectivity index (χ0n) is 5.28. The molecular weight excluding hydrogens is 143 g/mol. The standard InChI is InChI=1S/C7H6N2.P/c1-2-4-7-6(3-1)8-5-9-7;/h1-5H,(H,8,9);. The Labute approximate surface area is 62.3 Å². The summed E-state index contributed by atoms with van der Waals surface area (Å²) in [6, 6.07) is 7.94. The molecule has 0 amide bonds. The Hall–Kier alpha value is -0.880. The van der Waals surface area contributed by atoms with E-state index in [1.165, 1.54) is 0 Å². The van der Waals surface area contributed by atoms with E-state index < -0.39 is 0 Å². The van der Waals surface area contributed by atoms with Gasteiger partial charge in [-0.05, 0) is 12.1 Å². The normalized spacial score (nSPS) is 9.20. The monoisotopic (exact) mass is 149 g/mol. The third-order valence-corrected chi connectivity index (χ3v) is 1.33. The molecule has 1 aromatic carbocycles. The van der Waals surface area contributed by atoms with E-state index >= 15 is 0 Å². The van der Waals surface area contributed by atoms with Gasteiger partial charge in [-0.1, -0.05) is 12.1 Å². The van der Waals surface area contributed by atoms with Crippen LogP contribution in [-0.4, -0.2) is 9.97 Å². The van der Waals surface area contributed by atoms with E-state index in [1.54, 1.807) is 6.33 Å². The highest BCUT2D eigenvalue weighted by Gasteiger charge is 1.88. The van der Waals surface area contributed by atoms with Crippen molar-refractivity contribution in [1.82, 2.24) is 9.97 Å². The molecule has 0 bridgehead atoms. The minimum absolute atomic E-state index is 0. The van der Waals surface area contributed by atoms with Gasteiger partial charge in [-0.3, -0.25) is 0 Å². The molecule has 3 heteroatoms. The number of imidazole rings is 1. The first-order valence-corrected chi connectivity index (χ1v) is 2.85. The molecule has 1 heterocycles. The summed E-state index contributed by atoms with van der Waals surface area (Å²) in [6.45, 7) is 0. The van der Waals surface area contributed by atoms with Gasteiger partial charge in [0.15, 0.2) is 0 Å². The minimum atomic E-state index is 0. The van der Waals surface area contributed by atoms with Gasteiger partial charge in [0.2, 0.25) is 0 Å².